The third kappa shape index (κ3) is 1.61. The van der Waals surface area contributed by atoms with Crippen LogP contribution in [0.4, 0.5) is 0 Å². The highest BCUT2D eigenvalue weighted by Crippen LogP contribution is 1.87. The molecule has 0 saturated carbocycles. The molecule has 48 valence electrons. The van der Waals surface area contributed by atoms with Gasteiger partial charge < -0.3 is 16.6 Å². The minimum Gasteiger partial charge on any atom is -0.480 e. The Morgan fingerprint density at radius 2 is 2.25 bits per heavy atom. The normalized spacial score (nSPS) is 17.8. The van der Waals surface area contributed by atoms with Gasteiger partial charge in [-0.1, -0.05) is 0 Å². The van der Waals surface area contributed by atoms with Crippen molar-refractivity contribution in [1.29, 1.82) is 0 Å². The Labute approximate surface area is 50.3 Å². The largest absolute Gasteiger partial charge is 0.480 e. The van der Waals surface area contributed by atoms with Gasteiger partial charge >= 0.3 is 5.97 Å². The molecule has 0 aliphatic rings. The fourth-order valence-corrected chi connectivity index (χ4v) is 0.0873. The second-order valence-corrected chi connectivity index (χ2v) is 3.71. The summed E-state index contributed by atoms with van der Waals surface area (Å²) < 4.78 is 0. The smallest absolute Gasteiger partial charge is 0.320 e. The molecule has 5 N–H and O–H groups in total. The van der Waals surface area contributed by atoms with Crippen LogP contribution in [0, 0.1) is 0 Å². The first-order valence-electron chi connectivity index (χ1n) is 2.23. The van der Waals surface area contributed by atoms with E-state index in [2.05, 4.69) is 0 Å². The molecule has 0 fully saturated rings. The fourth-order valence-electron chi connectivity index (χ4n) is 0.0873. The maximum atomic E-state index is 10.1. The summed E-state index contributed by atoms with van der Waals surface area (Å²) in [6.07, 6.45) is 0. The van der Waals surface area contributed by atoms with Crippen LogP contribution in [0.5, 0.6) is 0 Å². The molecule has 1 atom stereocenters. The lowest BCUT2D eigenvalue weighted by Crippen LogP contribution is -2.54. The molecule has 0 aromatic carbocycles. The number of carboxylic acid groups (broad SMARTS) is 1. The van der Waals surface area contributed by atoms with Crippen molar-refractivity contribution < 1.29 is 9.90 Å². The molecule has 0 aliphatic carbocycles. The summed E-state index contributed by atoms with van der Waals surface area (Å²) in [6, 6.07) is 0. The molecular formula is C3H10N2O2Si. The zero-order valence-corrected chi connectivity index (χ0v) is 6.72. The molecule has 0 aromatic heterocycles. The minimum atomic E-state index is -1.12. The lowest BCUT2D eigenvalue weighted by atomic mass is 10.3. The topological polar surface area (TPSA) is 89.3 Å². The molecule has 0 aromatic rings. The van der Waals surface area contributed by atoms with Gasteiger partial charge in [0.1, 0.15) is 5.16 Å². The molecule has 0 spiro atoms. The first-order chi connectivity index (χ1) is 3.50. The Bertz CT molecular complexity index is 103. The summed E-state index contributed by atoms with van der Waals surface area (Å²) in [4.78, 5) is 10.1. The van der Waals surface area contributed by atoms with Gasteiger partial charge in [0.2, 0.25) is 0 Å². The van der Waals surface area contributed by atoms with Crippen molar-refractivity contribution in [2.24, 2.45) is 11.5 Å². The van der Waals surface area contributed by atoms with Gasteiger partial charge in [-0.3, -0.25) is 4.79 Å². The summed E-state index contributed by atoms with van der Waals surface area (Å²) in [6.45, 7) is 0.0224. The first-order valence-corrected chi connectivity index (χ1v) is 3.23. The zero-order chi connectivity index (χ0) is 6.78. The van der Waals surface area contributed by atoms with Crippen molar-refractivity contribution in [2.45, 2.75) is 5.16 Å². The number of rotatable bonds is 2. The van der Waals surface area contributed by atoms with Crippen molar-refractivity contribution in [3.63, 3.8) is 0 Å². The summed E-state index contributed by atoms with van der Waals surface area (Å²) in [5, 5.41) is 7.15. The van der Waals surface area contributed by atoms with Gasteiger partial charge in [-0.05, 0) is 0 Å². The highest BCUT2D eigenvalue weighted by molar-refractivity contribution is 6.26. The van der Waals surface area contributed by atoms with Crippen LogP contribution >= 0.6 is 0 Å². The predicted molar refractivity (Wildman–Crippen MR) is 33.5 cm³/mol. The van der Waals surface area contributed by atoms with E-state index in [0.717, 1.165) is 0 Å². The molecule has 0 radical (unpaired) electrons. The quantitative estimate of drug-likeness (QED) is 0.352. The SMILES string of the molecule is NCC(N)([SiH3])C(=O)O. The van der Waals surface area contributed by atoms with E-state index < -0.39 is 11.1 Å². The van der Waals surface area contributed by atoms with E-state index in [0.29, 0.717) is 10.2 Å². The highest BCUT2D eigenvalue weighted by atomic mass is 28.1. The van der Waals surface area contributed by atoms with Crippen molar-refractivity contribution in [1.82, 2.24) is 0 Å². The summed E-state index contributed by atoms with van der Waals surface area (Å²) >= 11 is 0. The zero-order valence-electron chi connectivity index (χ0n) is 4.72. The summed E-state index contributed by atoms with van der Waals surface area (Å²) in [7, 11) is 0.387. The molecule has 0 saturated heterocycles. The molecule has 5 heteroatoms. The van der Waals surface area contributed by atoms with Crippen LogP contribution in [-0.4, -0.2) is 33.0 Å². The molecule has 0 bridgehead atoms. The van der Waals surface area contributed by atoms with Gasteiger partial charge in [-0.15, -0.1) is 0 Å². The van der Waals surface area contributed by atoms with Crippen LogP contribution in [0.25, 0.3) is 0 Å². The standard InChI is InChI=1S/C3H10N2O2Si/c4-1-3(5,8)2(6)7/h1,4-5H2,8H3,(H,6,7). The van der Waals surface area contributed by atoms with Crippen molar-refractivity contribution >= 4 is 16.2 Å². The monoisotopic (exact) mass is 134 g/mol. The molecule has 0 rings (SSSR count). The Balaban J connectivity index is 3.91. The Hall–Kier alpha value is -0.393. The van der Waals surface area contributed by atoms with E-state index in [1.807, 2.05) is 0 Å². The van der Waals surface area contributed by atoms with E-state index in [1.54, 1.807) is 0 Å². The fraction of sp³-hybridized carbons (Fsp3) is 0.667. The van der Waals surface area contributed by atoms with Crippen LogP contribution in [0.1, 0.15) is 0 Å². The average Bonchev–Trinajstić information content (AvgIpc) is 1.67. The number of carbonyl (C=O) groups is 1. The first kappa shape index (κ1) is 7.61. The molecule has 0 amide bonds. The maximum absolute atomic E-state index is 10.1. The number of hydrogen-bond acceptors (Lipinski definition) is 3. The van der Waals surface area contributed by atoms with Gasteiger partial charge in [0.25, 0.3) is 0 Å². The Morgan fingerprint density at radius 3 is 2.25 bits per heavy atom. The average molecular weight is 134 g/mol. The van der Waals surface area contributed by atoms with E-state index in [4.69, 9.17) is 16.6 Å². The van der Waals surface area contributed by atoms with Crippen molar-refractivity contribution in [2.75, 3.05) is 6.54 Å². The second kappa shape index (κ2) is 2.25. The number of hydrogen-bond donors (Lipinski definition) is 3. The van der Waals surface area contributed by atoms with Crippen LogP contribution in [0.3, 0.4) is 0 Å². The van der Waals surface area contributed by atoms with Gasteiger partial charge in [0, 0.05) is 16.8 Å². The molecule has 0 heterocycles. The lowest BCUT2D eigenvalue weighted by molar-refractivity contribution is -0.139. The van der Waals surface area contributed by atoms with Crippen LogP contribution in [0.15, 0.2) is 0 Å². The Kier molecular flexibility index (Phi) is 2.14. The van der Waals surface area contributed by atoms with Gasteiger partial charge in [0.15, 0.2) is 0 Å². The summed E-state index contributed by atoms with van der Waals surface area (Å²) in [5.74, 6) is -1.01. The van der Waals surface area contributed by atoms with E-state index >= 15 is 0 Å². The summed E-state index contributed by atoms with van der Waals surface area (Å²) in [5.41, 5.74) is 10.2. The molecule has 4 nitrogen and oxygen atoms in total. The van der Waals surface area contributed by atoms with E-state index in [9.17, 15) is 4.79 Å². The van der Waals surface area contributed by atoms with Gasteiger partial charge in [0.05, 0.1) is 0 Å². The molecule has 1 unspecified atom stereocenters. The van der Waals surface area contributed by atoms with Gasteiger partial charge in [-0.25, -0.2) is 0 Å². The van der Waals surface area contributed by atoms with Gasteiger partial charge in [-0.2, -0.15) is 0 Å². The van der Waals surface area contributed by atoms with Crippen LogP contribution < -0.4 is 11.5 Å². The molecular weight excluding hydrogens is 124 g/mol. The predicted octanol–water partition coefficient (Wildman–Crippen LogP) is -2.95. The number of aliphatic carboxylic acids is 1. The number of nitrogens with two attached hydrogens (primary N) is 2. The van der Waals surface area contributed by atoms with E-state index in [-0.39, 0.29) is 6.54 Å². The molecule has 0 aliphatic heterocycles. The minimum absolute atomic E-state index is 0.0224. The third-order valence-corrected chi connectivity index (χ3v) is 1.75. The number of carboxylic acids is 1. The van der Waals surface area contributed by atoms with Crippen LogP contribution in [0.2, 0.25) is 0 Å². The molecule has 8 heavy (non-hydrogen) atoms. The van der Waals surface area contributed by atoms with Crippen LogP contribution in [-0.2, 0) is 4.79 Å². The Morgan fingerprint density at radius 1 is 1.88 bits per heavy atom. The third-order valence-electron chi connectivity index (χ3n) is 0.913. The second-order valence-electron chi connectivity index (χ2n) is 1.93. The highest BCUT2D eigenvalue weighted by Gasteiger charge is 2.24. The lowest BCUT2D eigenvalue weighted by Gasteiger charge is -2.14. The van der Waals surface area contributed by atoms with E-state index in [1.165, 1.54) is 0 Å². The van der Waals surface area contributed by atoms with Crippen molar-refractivity contribution in [3.8, 4) is 0 Å². The van der Waals surface area contributed by atoms with Crippen molar-refractivity contribution in [3.05, 3.63) is 0 Å². The maximum Gasteiger partial charge on any atom is 0.320 e.